The molecule has 0 fully saturated rings. The molecule has 3 N–H and O–H groups in total. The van der Waals surface area contributed by atoms with Gasteiger partial charge in [-0.25, -0.2) is 21.9 Å². The van der Waals surface area contributed by atoms with Crippen molar-refractivity contribution >= 4 is 27.4 Å². The molecule has 176 valence electrons. The van der Waals surface area contributed by atoms with Gasteiger partial charge in [0.15, 0.2) is 5.69 Å². The number of hydrogen-bond acceptors (Lipinski definition) is 6. The largest absolute Gasteiger partial charge is 0.383 e. The SMILES string of the molecule is CCCCn1c(N)c(N(C)C(=O)CCCN(C)S(=O)(=O)c2ccc(F)cc2)c(=O)[nH]c1=O. The number of anilines is 2. The fourth-order valence-corrected chi connectivity index (χ4v) is 4.30. The molecule has 12 heteroatoms. The minimum Gasteiger partial charge on any atom is -0.383 e. The molecule has 0 saturated heterocycles. The van der Waals surface area contributed by atoms with Crippen molar-refractivity contribution in [2.24, 2.45) is 0 Å². The van der Waals surface area contributed by atoms with Crippen LogP contribution in [0.1, 0.15) is 32.6 Å². The van der Waals surface area contributed by atoms with E-state index in [4.69, 9.17) is 5.73 Å². The molecule has 1 aromatic carbocycles. The molecule has 0 saturated carbocycles. The van der Waals surface area contributed by atoms with Crippen molar-refractivity contribution in [3.63, 3.8) is 0 Å². The molecule has 0 unspecified atom stereocenters. The van der Waals surface area contributed by atoms with Gasteiger partial charge < -0.3 is 10.6 Å². The highest BCUT2D eigenvalue weighted by molar-refractivity contribution is 7.89. The first kappa shape index (κ1) is 25.3. The molecule has 1 aromatic heterocycles. The number of benzene rings is 1. The van der Waals surface area contributed by atoms with E-state index in [2.05, 4.69) is 4.98 Å². The van der Waals surface area contributed by atoms with Crippen LogP contribution in [0.15, 0.2) is 38.8 Å². The molecule has 0 spiro atoms. The van der Waals surface area contributed by atoms with Gasteiger partial charge in [0.1, 0.15) is 11.6 Å². The Balaban J connectivity index is 2.08. The lowest BCUT2D eigenvalue weighted by molar-refractivity contribution is -0.118. The number of nitrogens with zero attached hydrogens (tertiary/aromatic N) is 3. The van der Waals surface area contributed by atoms with Gasteiger partial charge in [0.25, 0.3) is 5.56 Å². The molecule has 10 nitrogen and oxygen atoms in total. The number of hydrogen-bond donors (Lipinski definition) is 2. The summed E-state index contributed by atoms with van der Waals surface area (Å²) >= 11 is 0. The van der Waals surface area contributed by atoms with Gasteiger partial charge in [-0.1, -0.05) is 13.3 Å². The molecule has 0 bridgehead atoms. The zero-order valence-electron chi connectivity index (χ0n) is 18.3. The first-order valence-electron chi connectivity index (χ1n) is 10.1. The average Bonchev–Trinajstić information content (AvgIpc) is 2.73. The van der Waals surface area contributed by atoms with E-state index in [1.807, 2.05) is 6.92 Å². The first-order chi connectivity index (χ1) is 15.0. The summed E-state index contributed by atoms with van der Waals surface area (Å²) in [5, 5.41) is 0. The maximum atomic E-state index is 13.0. The van der Waals surface area contributed by atoms with Gasteiger partial charge in [-0.15, -0.1) is 0 Å². The number of sulfonamides is 1. The summed E-state index contributed by atoms with van der Waals surface area (Å²) in [4.78, 5) is 40.1. The van der Waals surface area contributed by atoms with Crippen LogP contribution >= 0.6 is 0 Å². The van der Waals surface area contributed by atoms with Crippen molar-refractivity contribution in [3.8, 4) is 0 Å². The molecule has 0 aliphatic carbocycles. The van der Waals surface area contributed by atoms with Crippen LogP contribution in [0.5, 0.6) is 0 Å². The molecule has 1 amide bonds. The molecule has 0 aliphatic heterocycles. The van der Waals surface area contributed by atoms with Crippen molar-refractivity contribution in [2.75, 3.05) is 31.3 Å². The molecule has 1 heterocycles. The number of rotatable bonds is 10. The van der Waals surface area contributed by atoms with Crippen LogP contribution in [0.2, 0.25) is 0 Å². The number of halogens is 1. The summed E-state index contributed by atoms with van der Waals surface area (Å²) in [7, 11) is -1.10. The van der Waals surface area contributed by atoms with E-state index in [1.54, 1.807) is 0 Å². The highest BCUT2D eigenvalue weighted by atomic mass is 32.2. The number of aromatic amines is 1. The van der Waals surface area contributed by atoms with E-state index in [9.17, 15) is 27.2 Å². The number of unbranched alkanes of at least 4 members (excludes halogenated alkanes) is 1. The Morgan fingerprint density at radius 1 is 1.16 bits per heavy atom. The monoisotopic (exact) mass is 469 g/mol. The fourth-order valence-electron chi connectivity index (χ4n) is 3.09. The minimum atomic E-state index is -3.83. The van der Waals surface area contributed by atoms with Crippen molar-refractivity contribution in [1.82, 2.24) is 13.9 Å². The maximum Gasteiger partial charge on any atom is 0.330 e. The topological polar surface area (TPSA) is 139 Å². The van der Waals surface area contributed by atoms with Gasteiger partial charge in [-0.3, -0.25) is 19.1 Å². The van der Waals surface area contributed by atoms with Gasteiger partial charge in [-0.2, -0.15) is 0 Å². The van der Waals surface area contributed by atoms with Crippen LogP contribution in [0.3, 0.4) is 0 Å². The number of nitrogen functional groups attached to an aromatic ring is 1. The van der Waals surface area contributed by atoms with Gasteiger partial charge in [0, 0.05) is 33.6 Å². The third-order valence-corrected chi connectivity index (χ3v) is 6.92. The van der Waals surface area contributed by atoms with Crippen molar-refractivity contribution in [3.05, 3.63) is 50.9 Å². The number of carbonyl (C=O) groups is 1. The maximum absolute atomic E-state index is 13.0. The van der Waals surface area contributed by atoms with Crippen LogP contribution < -0.4 is 21.9 Å². The van der Waals surface area contributed by atoms with Crippen molar-refractivity contribution in [2.45, 2.75) is 44.0 Å². The molecular formula is C20H28FN5O5S. The van der Waals surface area contributed by atoms with Crippen LogP contribution in [0, 0.1) is 5.82 Å². The summed E-state index contributed by atoms with van der Waals surface area (Å²) in [6, 6.07) is 4.45. The fraction of sp³-hybridized carbons (Fsp3) is 0.450. The van der Waals surface area contributed by atoms with E-state index in [0.29, 0.717) is 13.0 Å². The number of carbonyl (C=O) groups excluding carboxylic acids is 1. The number of aromatic nitrogens is 2. The highest BCUT2D eigenvalue weighted by Gasteiger charge is 2.23. The van der Waals surface area contributed by atoms with Crippen molar-refractivity contribution < 1.29 is 17.6 Å². The molecule has 0 aliphatic rings. The molecule has 0 atom stereocenters. The summed E-state index contributed by atoms with van der Waals surface area (Å²) < 4.78 is 40.4. The quantitative estimate of drug-likeness (QED) is 0.535. The van der Waals surface area contributed by atoms with Crippen LogP contribution in [0.4, 0.5) is 15.9 Å². The number of nitrogens with one attached hydrogen (secondary N) is 1. The van der Waals surface area contributed by atoms with Gasteiger partial charge in [0.05, 0.1) is 4.90 Å². The predicted molar refractivity (Wildman–Crippen MR) is 120 cm³/mol. The first-order valence-corrected chi connectivity index (χ1v) is 11.6. The molecule has 32 heavy (non-hydrogen) atoms. The Bertz CT molecular complexity index is 1170. The van der Waals surface area contributed by atoms with E-state index in [-0.39, 0.29) is 35.8 Å². The zero-order chi connectivity index (χ0) is 24.1. The van der Waals surface area contributed by atoms with Crippen LogP contribution in [-0.2, 0) is 21.4 Å². The second-order valence-corrected chi connectivity index (χ2v) is 9.38. The Labute approximate surface area is 185 Å². The average molecular weight is 470 g/mol. The smallest absolute Gasteiger partial charge is 0.330 e. The molecule has 2 rings (SSSR count). The van der Waals surface area contributed by atoms with E-state index in [1.165, 1.54) is 30.8 Å². The number of nitrogens with two attached hydrogens (primary N) is 1. The number of H-pyrrole nitrogens is 1. The number of amides is 1. The summed E-state index contributed by atoms with van der Waals surface area (Å²) in [5.41, 5.74) is 4.47. The lowest BCUT2D eigenvalue weighted by atomic mass is 10.2. The Morgan fingerprint density at radius 3 is 2.38 bits per heavy atom. The normalized spacial score (nSPS) is 11.7. The van der Waals surface area contributed by atoms with E-state index in [0.717, 1.165) is 27.8 Å². The minimum absolute atomic E-state index is 0.0289. The van der Waals surface area contributed by atoms with E-state index >= 15 is 0 Å². The van der Waals surface area contributed by atoms with E-state index < -0.39 is 33.0 Å². The lowest BCUT2D eigenvalue weighted by Gasteiger charge is -2.21. The third kappa shape index (κ3) is 5.62. The standard InChI is InChI=1S/C20H28FN5O5S/c1-4-5-13-26-18(22)17(19(28)23-20(26)29)25(3)16(27)7-6-12-24(2)32(30,31)15-10-8-14(21)9-11-15/h8-11H,4-7,12-13,22H2,1-3H3,(H,23,28,29). The third-order valence-electron chi connectivity index (χ3n) is 5.04. The van der Waals surface area contributed by atoms with Crippen molar-refractivity contribution in [1.29, 1.82) is 0 Å². The van der Waals surface area contributed by atoms with Gasteiger partial charge >= 0.3 is 5.69 Å². The Kier molecular flexibility index (Phi) is 8.33. The Morgan fingerprint density at radius 2 is 1.78 bits per heavy atom. The summed E-state index contributed by atoms with van der Waals surface area (Å²) in [6.45, 7) is 2.27. The summed E-state index contributed by atoms with van der Waals surface area (Å²) in [5.74, 6) is -1.11. The van der Waals surface area contributed by atoms with Crippen LogP contribution in [0.25, 0.3) is 0 Å². The van der Waals surface area contributed by atoms with Gasteiger partial charge in [0.2, 0.25) is 15.9 Å². The molecule has 0 radical (unpaired) electrons. The highest BCUT2D eigenvalue weighted by Crippen LogP contribution is 2.18. The second-order valence-electron chi connectivity index (χ2n) is 7.34. The second kappa shape index (κ2) is 10.6. The molecule has 2 aromatic rings. The Hall–Kier alpha value is -2.99. The zero-order valence-corrected chi connectivity index (χ0v) is 19.1. The van der Waals surface area contributed by atoms with Gasteiger partial charge in [-0.05, 0) is 37.1 Å². The van der Waals surface area contributed by atoms with Crippen LogP contribution in [-0.4, -0.2) is 48.8 Å². The summed E-state index contributed by atoms with van der Waals surface area (Å²) in [6.07, 6.45) is 1.59. The molecular weight excluding hydrogens is 441 g/mol. The predicted octanol–water partition coefficient (Wildman–Crippen LogP) is 1.12. The lowest BCUT2D eigenvalue weighted by Crippen LogP contribution is -2.39.